The van der Waals surface area contributed by atoms with Gasteiger partial charge >= 0.3 is 0 Å². The molecule has 0 unspecified atom stereocenters. The van der Waals surface area contributed by atoms with Gasteiger partial charge in [-0.25, -0.2) is 0 Å². The first kappa shape index (κ1) is 11.1. The van der Waals surface area contributed by atoms with E-state index in [1.54, 1.807) is 24.3 Å². The lowest BCUT2D eigenvalue weighted by molar-refractivity contribution is 0.475. The van der Waals surface area contributed by atoms with Crippen molar-refractivity contribution in [2.24, 2.45) is 4.99 Å². The Balaban J connectivity index is 2.15. The highest BCUT2D eigenvalue weighted by Crippen LogP contribution is 2.16. The van der Waals surface area contributed by atoms with Gasteiger partial charge in [0, 0.05) is 9.78 Å². The fourth-order valence-corrected chi connectivity index (χ4v) is 1.60. The molecule has 0 aliphatic heterocycles. The van der Waals surface area contributed by atoms with Crippen molar-refractivity contribution < 1.29 is 5.11 Å². The number of nitrogens with zero attached hydrogens (tertiary/aromatic N) is 1. The predicted octanol–water partition coefficient (Wildman–Crippen LogP) is 3.75. The van der Waals surface area contributed by atoms with E-state index < -0.39 is 0 Å². The molecule has 0 radical (unpaired) electrons. The van der Waals surface area contributed by atoms with Gasteiger partial charge in [-0.3, -0.25) is 4.99 Å². The Morgan fingerprint density at radius 2 is 1.56 bits per heavy atom. The summed E-state index contributed by atoms with van der Waals surface area (Å²) in [4.78, 5) is 4.31. The number of hydrogen-bond acceptors (Lipinski definition) is 2. The molecule has 16 heavy (non-hydrogen) atoms. The Hall–Kier alpha value is -1.36. The molecule has 3 heteroatoms. The van der Waals surface area contributed by atoms with Crippen LogP contribution in [0.3, 0.4) is 0 Å². The minimum absolute atomic E-state index is 0.258. The maximum absolute atomic E-state index is 9.12. The zero-order valence-electron chi connectivity index (χ0n) is 8.47. The second-order valence-corrected chi connectivity index (χ2v) is 4.57. The van der Waals surface area contributed by atoms with Crippen LogP contribution in [-0.2, 0) is 0 Å². The van der Waals surface area contributed by atoms with E-state index in [9.17, 15) is 0 Å². The Labute approximate surface area is 108 Å². The van der Waals surface area contributed by atoms with Crippen LogP contribution in [0.1, 0.15) is 5.56 Å². The molecule has 0 aromatic heterocycles. The molecule has 2 nitrogen and oxygen atoms in total. The van der Waals surface area contributed by atoms with Crippen molar-refractivity contribution in [3.63, 3.8) is 0 Å². The van der Waals surface area contributed by atoms with Crippen LogP contribution in [0.5, 0.6) is 5.75 Å². The average Bonchev–Trinajstić information content (AvgIpc) is 2.30. The third kappa shape index (κ3) is 3.06. The molecule has 0 bridgehead atoms. The van der Waals surface area contributed by atoms with E-state index in [-0.39, 0.29) is 5.75 Å². The van der Waals surface area contributed by atoms with Crippen LogP contribution in [0.25, 0.3) is 0 Å². The molecule has 2 aromatic rings. The molecule has 0 aliphatic carbocycles. The molecule has 0 spiro atoms. The van der Waals surface area contributed by atoms with Gasteiger partial charge in [0.05, 0.1) is 5.69 Å². The first-order valence-corrected chi connectivity index (χ1v) is 5.90. The molecule has 80 valence electrons. The first-order chi connectivity index (χ1) is 7.74. The Morgan fingerprint density at radius 1 is 0.938 bits per heavy atom. The summed E-state index contributed by atoms with van der Waals surface area (Å²) in [5.74, 6) is 0.258. The van der Waals surface area contributed by atoms with Gasteiger partial charge in [-0.15, -0.1) is 0 Å². The van der Waals surface area contributed by atoms with E-state index in [1.807, 2.05) is 30.5 Å². The topological polar surface area (TPSA) is 32.6 Å². The van der Waals surface area contributed by atoms with Crippen LogP contribution in [0.2, 0.25) is 0 Å². The number of aromatic hydroxyl groups is 1. The fourth-order valence-electron chi connectivity index (χ4n) is 1.24. The zero-order valence-corrected chi connectivity index (χ0v) is 10.6. The number of rotatable bonds is 2. The summed E-state index contributed by atoms with van der Waals surface area (Å²) >= 11 is 2.27. The average molecular weight is 323 g/mol. The fraction of sp³-hybridized carbons (Fsp3) is 0. The highest BCUT2D eigenvalue weighted by Gasteiger charge is 1.90. The van der Waals surface area contributed by atoms with Crippen LogP contribution in [0.15, 0.2) is 53.5 Å². The van der Waals surface area contributed by atoms with Crippen LogP contribution in [0.4, 0.5) is 5.69 Å². The van der Waals surface area contributed by atoms with Gasteiger partial charge in [-0.1, -0.05) is 12.1 Å². The minimum atomic E-state index is 0.258. The van der Waals surface area contributed by atoms with Gasteiger partial charge in [0.25, 0.3) is 0 Å². The van der Waals surface area contributed by atoms with Crippen molar-refractivity contribution in [3.8, 4) is 5.75 Å². The molecule has 0 heterocycles. The largest absolute Gasteiger partial charge is 0.508 e. The highest BCUT2D eigenvalue weighted by atomic mass is 127. The van der Waals surface area contributed by atoms with Crippen LogP contribution >= 0.6 is 22.6 Å². The van der Waals surface area contributed by atoms with Crippen molar-refractivity contribution in [1.29, 1.82) is 0 Å². The molecule has 2 rings (SSSR count). The van der Waals surface area contributed by atoms with Gasteiger partial charge in [0.1, 0.15) is 5.75 Å². The molecular formula is C13H10INO. The second-order valence-electron chi connectivity index (χ2n) is 3.33. The van der Waals surface area contributed by atoms with Crippen molar-refractivity contribution in [1.82, 2.24) is 0 Å². The highest BCUT2D eigenvalue weighted by molar-refractivity contribution is 14.1. The minimum Gasteiger partial charge on any atom is -0.508 e. The standard InChI is InChI=1S/C13H10INO/c14-11-3-1-10(2-4-11)9-15-12-5-7-13(16)8-6-12/h1-9,16H/b15-9+. The quantitative estimate of drug-likeness (QED) is 0.663. The second kappa shape index (κ2) is 5.12. The monoisotopic (exact) mass is 323 g/mol. The summed E-state index contributed by atoms with van der Waals surface area (Å²) < 4.78 is 1.21. The smallest absolute Gasteiger partial charge is 0.115 e. The molecule has 0 saturated heterocycles. The number of hydrogen-bond donors (Lipinski definition) is 1. The van der Waals surface area contributed by atoms with Crippen molar-refractivity contribution in [2.75, 3.05) is 0 Å². The summed E-state index contributed by atoms with van der Waals surface area (Å²) in [7, 11) is 0. The van der Waals surface area contributed by atoms with Crippen LogP contribution < -0.4 is 0 Å². The normalized spacial score (nSPS) is 10.8. The van der Waals surface area contributed by atoms with Crippen molar-refractivity contribution in [2.45, 2.75) is 0 Å². The molecule has 0 saturated carbocycles. The Morgan fingerprint density at radius 3 is 2.19 bits per heavy atom. The molecule has 0 fully saturated rings. The van der Waals surface area contributed by atoms with Gasteiger partial charge in [-0.2, -0.15) is 0 Å². The number of phenols is 1. The van der Waals surface area contributed by atoms with Crippen LogP contribution in [-0.4, -0.2) is 11.3 Å². The summed E-state index contributed by atoms with van der Waals surface area (Å²) in [5.41, 5.74) is 1.89. The van der Waals surface area contributed by atoms with E-state index >= 15 is 0 Å². The number of benzene rings is 2. The summed E-state index contributed by atoms with van der Waals surface area (Å²) in [6, 6.07) is 14.9. The van der Waals surface area contributed by atoms with Crippen molar-refractivity contribution in [3.05, 3.63) is 57.7 Å². The summed E-state index contributed by atoms with van der Waals surface area (Å²) in [5, 5.41) is 9.12. The lowest BCUT2D eigenvalue weighted by Crippen LogP contribution is -1.80. The van der Waals surface area contributed by atoms with E-state index in [2.05, 4.69) is 27.6 Å². The van der Waals surface area contributed by atoms with Gasteiger partial charge in [0.15, 0.2) is 0 Å². The third-order valence-electron chi connectivity index (χ3n) is 2.08. The molecule has 2 aromatic carbocycles. The summed E-state index contributed by atoms with van der Waals surface area (Å²) in [6.45, 7) is 0. The lowest BCUT2D eigenvalue weighted by Gasteiger charge is -1.95. The molecular weight excluding hydrogens is 313 g/mol. The number of halogens is 1. The predicted molar refractivity (Wildman–Crippen MR) is 74.5 cm³/mol. The van der Waals surface area contributed by atoms with Gasteiger partial charge < -0.3 is 5.11 Å². The van der Waals surface area contributed by atoms with Crippen molar-refractivity contribution >= 4 is 34.5 Å². The van der Waals surface area contributed by atoms with Crippen LogP contribution in [0, 0.1) is 3.57 Å². The molecule has 1 N–H and O–H groups in total. The molecule has 0 atom stereocenters. The van der Waals surface area contributed by atoms with E-state index in [4.69, 9.17) is 5.11 Å². The van der Waals surface area contributed by atoms with E-state index in [0.717, 1.165) is 11.3 Å². The van der Waals surface area contributed by atoms with E-state index in [1.165, 1.54) is 3.57 Å². The van der Waals surface area contributed by atoms with E-state index in [0.29, 0.717) is 0 Å². The third-order valence-corrected chi connectivity index (χ3v) is 2.80. The maximum atomic E-state index is 9.12. The lowest BCUT2D eigenvalue weighted by atomic mass is 10.2. The number of aliphatic imine (C=N–C) groups is 1. The summed E-state index contributed by atoms with van der Waals surface area (Å²) in [6.07, 6.45) is 1.81. The van der Waals surface area contributed by atoms with Gasteiger partial charge in [0.2, 0.25) is 0 Å². The molecule has 0 amide bonds. The maximum Gasteiger partial charge on any atom is 0.115 e. The Kier molecular flexibility index (Phi) is 3.56. The Bertz CT molecular complexity index is 441. The first-order valence-electron chi connectivity index (χ1n) is 4.83. The molecule has 0 aliphatic rings. The number of phenolic OH excluding ortho intramolecular Hbond substituents is 1. The van der Waals surface area contributed by atoms with Gasteiger partial charge in [-0.05, 0) is 64.6 Å². The SMILES string of the molecule is Oc1ccc(/N=C/c2ccc(I)cc2)cc1. The zero-order chi connectivity index (χ0) is 11.4.